The first-order chi connectivity index (χ1) is 9.24. The highest BCUT2D eigenvalue weighted by molar-refractivity contribution is 6.36. The molecule has 0 aliphatic heterocycles. The molecule has 0 atom stereocenters. The van der Waals surface area contributed by atoms with Gasteiger partial charge in [0.2, 0.25) is 0 Å². The van der Waals surface area contributed by atoms with Crippen molar-refractivity contribution in [1.29, 1.82) is 0 Å². The summed E-state index contributed by atoms with van der Waals surface area (Å²) in [5.41, 5.74) is 1.44. The van der Waals surface area contributed by atoms with E-state index in [0.29, 0.717) is 5.69 Å². The second-order valence-electron chi connectivity index (χ2n) is 3.94. The Labute approximate surface area is 110 Å². The summed E-state index contributed by atoms with van der Waals surface area (Å²) in [6.45, 7) is 1.93. The van der Waals surface area contributed by atoms with Gasteiger partial charge in [0.25, 0.3) is 0 Å². The van der Waals surface area contributed by atoms with Gasteiger partial charge in [-0.05, 0) is 19.1 Å². The van der Waals surface area contributed by atoms with Crippen molar-refractivity contribution in [3.8, 4) is 0 Å². The van der Waals surface area contributed by atoms with E-state index in [9.17, 15) is 4.79 Å². The summed E-state index contributed by atoms with van der Waals surface area (Å²) in [6.07, 6.45) is 0.139. The molecule has 0 spiro atoms. The molecule has 5 heteroatoms. The maximum Gasteiger partial charge on any atom is 0.356 e. The van der Waals surface area contributed by atoms with Crippen LogP contribution in [0.15, 0.2) is 41.6 Å². The molecular formula is C14H14N2O3. The van der Waals surface area contributed by atoms with Gasteiger partial charge in [-0.2, -0.15) is 0 Å². The van der Waals surface area contributed by atoms with Crippen molar-refractivity contribution in [3.63, 3.8) is 0 Å². The van der Waals surface area contributed by atoms with E-state index >= 15 is 0 Å². The molecule has 0 bridgehead atoms. The molecule has 0 aliphatic carbocycles. The van der Waals surface area contributed by atoms with Crippen LogP contribution in [0.1, 0.15) is 12.6 Å². The Bertz CT molecular complexity index is 623. The van der Waals surface area contributed by atoms with Crippen LogP contribution in [0.5, 0.6) is 0 Å². The summed E-state index contributed by atoms with van der Waals surface area (Å²) in [4.78, 5) is 15.9. The average molecular weight is 258 g/mol. The minimum absolute atomic E-state index is 0.0513. The van der Waals surface area contributed by atoms with Gasteiger partial charge in [-0.3, -0.25) is 4.98 Å². The molecule has 2 aromatic rings. The molecule has 98 valence electrons. The van der Waals surface area contributed by atoms with Crippen molar-refractivity contribution < 1.29 is 14.7 Å². The number of benzene rings is 1. The van der Waals surface area contributed by atoms with Crippen LogP contribution in [0, 0.1) is 0 Å². The van der Waals surface area contributed by atoms with Crippen LogP contribution in [-0.4, -0.2) is 28.5 Å². The standard InChI is InChI=1S/C14H14N2O3/c1-2-19-14(17)13(16-18)9-11-8-7-10-5-3-4-6-12(10)15-11/h3-8,18H,2,9H2,1H3/b16-13-. The van der Waals surface area contributed by atoms with Crippen LogP contribution < -0.4 is 0 Å². The Morgan fingerprint density at radius 2 is 2.11 bits per heavy atom. The van der Waals surface area contributed by atoms with Crippen molar-refractivity contribution in [3.05, 3.63) is 42.1 Å². The number of rotatable bonds is 4. The summed E-state index contributed by atoms with van der Waals surface area (Å²) in [6, 6.07) is 11.4. The summed E-state index contributed by atoms with van der Waals surface area (Å²) in [7, 11) is 0. The fraction of sp³-hybridized carbons (Fsp3) is 0.214. The summed E-state index contributed by atoms with van der Waals surface area (Å²) in [5.74, 6) is -0.625. The van der Waals surface area contributed by atoms with Gasteiger partial charge in [0.05, 0.1) is 12.1 Å². The van der Waals surface area contributed by atoms with Crippen molar-refractivity contribution in [2.75, 3.05) is 6.61 Å². The van der Waals surface area contributed by atoms with E-state index in [1.54, 1.807) is 13.0 Å². The molecule has 0 unspecified atom stereocenters. The third-order valence-corrected chi connectivity index (χ3v) is 2.64. The van der Waals surface area contributed by atoms with Crippen molar-refractivity contribution in [2.24, 2.45) is 5.16 Å². The van der Waals surface area contributed by atoms with Crippen molar-refractivity contribution >= 4 is 22.6 Å². The minimum atomic E-state index is -0.625. The quantitative estimate of drug-likeness (QED) is 0.395. The number of ether oxygens (including phenoxy) is 1. The van der Waals surface area contributed by atoms with Crippen molar-refractivity contribution in [1.82, 2.24) is 4.98 Å². The van der Waals surface area contributed by atoms with Crippen LogP contribution >= 0.6 is 0 Å². The second kappa shape index (κ2) is 5.95. The summed E-state index contributed by atoms with van der Waals surface area (Å²) >= 11 is 0. The highest BCUT2D eigenvalue weighted by atomic mass is 16.5. The average Bonchev–Trinajstić information content (AvgIpc) is 2.44. The third kappa shape index (κ3) is 3.07. The Balaban J connectivity index is 2.22. The first kappa shape index (κ1) is 13.0. The predicted molar refractivity (Wildman–Crippen MR) is 71.3 cm³/mol. The second-order valence-corrected chi connectivity index (χ2v) is 3.94. The molecule has 1 aromatic heterocycles. The predicted octanol–water partition coefficient (Wildman–Crippen LogP) is 2.17. The molecule has 1 N–H and O–H groups in total. The number of carbonyl (C=O) groups excluding carboxylic acids is 1. The molecule has 5 nitrogen and oxygen atoms in total. The summed E-state index contributed by atoms with van der Waals surface area (Å²) < 4.78 is 4.80. The third-order valence-electron chi connectivity index (χ3n) is 2.64. The number of hydrogen-bond acceptors (Lipinski definition) is 5. The fourth-order valence-electron chi connectivity index (χ4n) is 1.74. The van der Waals surface area contributed by atoms with Gasteiger partial charge >= 0.3 is 5.97 Å². The molecular weight excluding hydrogens is 244 g/mol. The number of pyridine rings is 1. The highest BCUT2D eigenvalue weighted by Crippen LogP contribution is 2.12. The van der Waals surface area contributed by atoms with Crippen molar-refractivity contribution in [2.45, 2.75) is 13.3 Å². The Morgan fingerprint density at radius 3 is 2.84 bits per heavy atom. The maximum atomic E-state index is 11.5. The topological polar surface area (TPSA) is 71.8 Å². The number of nitrogens with zero attached hydrogens (tertiary/aromatic N) is 2. The zero-order chi connectivity index (χ0) is 13.7. The molecule has 1 aromatic carbocycles. The number of carbonyl (C=O) groups is 1. The van der Waals surface area contributed by atoms with E-state index in [0.717, 1.165) is 10.9 Å². The lowest BCUT2D eigenvalue weighted by atomic mass is 10.1. The number of fused-ring (bicyclic) bond motifs is 1. The smallest absolute Gasteiger partial charge is 0.356 e. The molecule has 0 aliphatic rings. The van der Waals surface area contributed by atoms with E-state index in [1.807, 2.05) is 30.3 Å². The molecule has 0 radical (unpaired) electrons. The molecule has 0 saturated carbocycles. The number of esters is 1. The lowest BCUT2D eigenvalue weighted by molar-refractivity contribution is -0.135. The van der Waals surface area contributed by atoms with Gasteiger partial charge in [-0.25, -0.2) is 4.79 Å². The molecule has 0 fully saturated rings. The number of hydrogen-bond donors (Lipinski definition) is 1. The lowest BCUT2D eigenvalue weighted by Crippen LogP contribution is -2.20. The van der Waals surface area contributed by atoms with E-state index < -0.39 is 5.97 Å². The molecule has 1 heterocycles. The van der Waals surface area contributed by atoms with Gasteiger partial charge in [-0.1, -0.05) is 29.4 Å². The summed E-state index contributed by atoms with van der Waals surface area (Å²) in [5, 5.41) is 12.9. The van der Waals surface area contributed by atoms with Gasteiger partial charge < -0.3 is 9.94 Å². The maximum absolute atomic E-state index is 11.5. The van der Waals surface area contributed by atoms with E-state index in [4.69, 9.17) is 9.94 Å². The van der Waals surface area contributed by atoms with Crippen LogP contribution in [0.4, 0.5) is 0 Å². The van der Waals surface area contributed by atoms with Gasteiger partial charge in [0.1, 0.15) is 0 Å². The van der Waals surface area contributed by atoms with Crippen LogP contribution in [0.3, 0.4) is 0 Å². The van der Waals surface area contributed by atoms with E-state index in [1.165, 1.54) is 0 Å². The first-order valence-corrected chi connectivity index (χ1v) is 5.97. The fourth-order valence-corrected chi connectivity index (χ4v) is 1.74. The first-order valence-electron chi connectivity index (χ1n) is 5.97. The van der Waals surface area contributed by atoms with Crippen LogP contribution in [0.25, 0.3) is 10.9 Å². The monoisotopic (exact) mass is 258 g/mol. The Hall–Kier alpha value is -2.43. The zero-order valence-electron chi connectivity index (χ0n) is 10.5. The van der Waals surface area contributed by atoms with Gasteiger partial charge in [0, 0.05) is 17.5 Å². The zero-order valence-corrected chi connectivity index (χ0v) is 10.5. The highest BCUT2D eigenvalue weighted by Gasteiger charge is 2.15. The van der Waals surface area contributed by atoms with Crippen LogP contribution in [-0.2, 0) is 16.0 Å². The van der Waals surface area contributed by atoms with E-state index in [2.05, 4.69) is 10.1 Å². The Morgan fingerprint density at radius 1 is 1.32 bits per heavy atom. The molecule has 0 amide bonds. The lowest BCUT2D eigenvalue weighted by Gasteiger charge is -2.05. The molecule has 2 rings (SSSR count). The number of aromatic nitrogens is 1. The Kier molecular flexibility index (Phi) is 4.07. The van der Waals surface area contributed by atoms with E-state index in [-0.39, 0.29) is 18.7 Å². The van der Waals surface area contributed by atoms with Crippen LogP contribution in [0.2, 0.25) is 0 Å². The minimum Gasteiger partial charge on any atom is -0.461 e. The number of para-hydroxylation sites is 1. The normalized spacial score (nSPS) is 11.5. The van der Waals surface area contributed by atoms with Gasteiger partial charge in [0.15, 0.2) is 5.71 Å². The molecule has 0 saturated heterocycles. The molecule has 19 heavy (non-hydrogen) atoms. The number of oxime groups is 1. The largest absolute Gasteiger partial charge is 0.461 e. The van der Waals surface area contributed by atoms with Gasteiger partial charge in [-0.15, -0.1) is 0 Å². The SMILES string of the molecule is CCOC(=O)/C(Cc1ccc2ccccc2n1)=N\O.